The molecule has 1 unspecified atom stereocenters. The maximum Gasteiger partial charge on any atom is 0.0591 e. The molecule has 0 aromatic heterocycles. The van der Waals surface area contributed by atoms with Gasteiger partial charge in [-0.2, -0.15) is 0 Å². The molecule has 3 heteroatoms. The van der Waals surface area contributed by atoms with Crippen molar-refractivity contribution in [3.63, 3.8) is 0 Å². The first kappa shape index (κ1) is 14.4. The van der Waals surface area contributed by atoms with Crippen molar-refractivity contribution in [2.24, 2.45) is 0 Å². The largest absolute Gasteiger partial charge is 0.306 e. The van der Waals surface area contributed by atoms with Crippen LogP contribution in [0.3, 0.4) is 0 Å². The van der Waals surface area contributed by atoms with Crippen molar-refractivity contribution in [3.05, 3.63) is 64.7 Å². The fourth-order valence-corrected chi connectivity index (χ4v) is 2.77. The number of nitrogens with one attached hydrogen (secondary N) is 1. The van der Waals surface area contributed by atoms with Gasteiger partial charge in [0.25, 0.3) is 0 Å². The van der Waals surface area contributed by atoms with Gasteiger partial charge in [-0.3, -0.25) is 0 Å². The Labute approximate surface area is 124 Å². The van der Waals surface area contributed by atoms with Crippen LogP contribution in [0.15, 0.2) is 53.4 Å². The Morgan fingerprint density at radius 2 is 1.79 bits per heavy atom. The number of hydrogen-bond acceptors (Lipinski definition) is 2. The standard InChI is InChI=1S/C16H18ClNS/c1-3-18-16(14-6-4-5-7-15(14)17)12-8-10-13(19-2)11-9-12/h4-11,16,18H,3H2,1-2H3. The van der Waals surface area contributed by atoms with Gasteiger partial charge in [-0.05, 0) is 42.1 Å². The van der Waals surface area contributed by atoms with Crippen LogP contribution in [0, 0.1) is 0 Å². The average molecular weight is 292 g/mol. The van der Waals surface area contributed by atoms with Gasteiger partial charge in [-0.15, -0.1) is 11.8 Å². The Bertz CT molecular complexity index is 525. The van der Waals surface area contributed by atoms with Gasteiger partial charge in [-0.25, -0.2) is 0 Å². The summed E-state index contributed by atoms with van der Waals surface area (Å²) >= 11 is 8.07. The number of halogens is 1. The summed E-state index contributed by atoms with van der Waals surface area (Å²) in [6.45, 7) is 3.01. The molecule has 1 nitrogen and oxygen atoms in total. The van der Waals surface area contributed by atoms with Crippen LogP contribution in [0.5, 0.6) is 0 Å². The number of benzene rings is 2. The highest BCUT2D eigenvalue weighted by Gasteiger charge is 2.15. The molecule has 19 heavy (non-hydrogen) atoms. The van der Waals surface area contributed by atoms with E-state index in [0.29, 0.717) is 0 Å². The van der Waals surface area contributed by atoms with Crippen LogP contribution in [0.2, 0.25) is 5.02 Å². The molecule has 2 aromatic rings. The van der Waals surface area contributed by atoms with Gasteiger partial charge in [0.05, 0.1) is 6.04 Å². The molecule has 0 radical (unpaired) electrons. The second-order valence-electron chi connectivity index (χ2n) is 4.29. The molecule has 0 bridgehead atoms. The maximum atomic E-state index is 6.32. The highest BCUT2D eigenvalue weighted by Crippen LogP contribution is 2.29. The van der Waals surface area contributed by atoms with Crippen molar-refractivity contribution in [1.82, 2.24) is 5.32 Å². The molecule has 0 saturated heterocycles. The summed E-state index contributed by atoms with van der Waals surface area (Å²) in [6, 6.07) is 16.8. The molecule has 0 aliphatic carbocycles. The molecule has 2 aromatic carbocycles. The lowest BCUT2D eigenvalue weighted by Gasteiger charge is -2.20. The van der Waals surface area contributed by atoms with Crippen LogP contribution in [0.1, 0.15) is 24.1 Å². The fraction of sp³-hybridized carbons (Fsp3) is 0.250. The first-order chi connectivity index (χ1) is 9.26. The van der Waals surface area contributed by atoms with E-state index < -0.39 is 0 Å². The van der Waals surface area contributed by atoms with Crippen molar-refractivity contribution in [3.8, 4) is 0 Å². The lowest BCUT2D eigenvalue weighted by Crippen LogP contribution is -2.22. The van der Waals surface area contributed by atoms with E-state index in [0.717, 1.165) is 17.1 Å². The summed E-state index contributed by atoms with van der Waals surface area (Å²) < 4.78 is 0. The summed E-state index contributed by atoms with van der Waals surface area (Å²) in [7, 11) is 0. The zero-order valence-corrected chi connectivity index (χ0v) is 12.8. The Kier molecular flexibility index (Phi) is 5.32. The van der Waals surface area contributed by atoms with Gasteiger partial charge in [0.2, 0.25) is 0 Å². The molecule has 0 heterocycles. The van der Waals surface area contributed by atoms with Crippen LogP contribution in [0.4, 0.5) is 0 Å². The van der Waals surface area contributed by atoms with Gasteiger partial charge in [0, 0.05) is 9.92 Å². The molecule has 1 N–H and O–H groups in total. The molecular formula is C16H18ClNS. The molecule has 0 amide bonds. The molecule has 0 spiro atoms. The Morgan fingerprint density at radius 3 is 2.37 bits per heavy atom. The third kappa shape index (κ3) is 3.53. The Hall–Kier alpha value is -0.960. The average Bonchev–Trinajstić information content (AvgIpc) is 2.46. The van der Waals surface area contributed by atoms with Crippen molar-refractivity contribution < 1.29 is 0 Å². The Balaban J connectivity index is 2.36. The smallest absolute Gasteiger partial charge is 0.0591 e. The van der Waals surface area contributed by atoms with Gasteiger partial charge in [0.1, 0.15) is 0 Å². The maximum absolute atomic E-state index is 6.32. The summed E-state index contributed by atoms with van der Waals surface area (Å²) in [6.07, 6.45) is 2.09. The summed E-state index contributed by atoms with van der Waals surface area (Å²) in [5.74, 6) is 0. The van der Waals surface area contributed by atoms with E-state index in [4.69, 9.17) is 11.6 Å². The van der Waals surface area contributed by atoms with Crippen LogP contribution >= 0.6 is 23.4 Å². The first-order valence-corrected chi connectivity index (χ1v) is 7.98. The third-order valence-corrected chi connectivity index (χ3v) is 4.16. The third-order valence-electron chi connectivity index (χ3n) is 3.07. The van der Waals surface area contributed by atoms with E-state index in [1.807, 2.05) is 18.2 Å². The van der Waals surface area contributed by atoms with Crippen molar-refractivity contribution in [2.45, 2.75) is 17.9 Å². The van der Waals surface area contributed by atoms with Gasteiger partial charge in [0.15, 0.2) is 0 Å². The minimum absolute atomic E-state index is 0.148. The van der Waals surface area contributed by atoms with E-state index in [1.165, 1.54) is 10.5 Å². The number of thioether (sulfide) groups is 1. The molecule has 0 aliphatic rings. The van der Waals surface area contributed by atoms with E-state index >= 15 is 0 Å². The zero-order valence-electron chi connectivity index (χ0n) is 11.2. The molecule has 100 valence electrons. The highest BCUT2D eigenvalue weighted by atomic mass is 35.5. The molecule has 0 saturated carbocycles. The normalized spacial score (nSPS) is 12.4. The van der Waals surface area contributed by atoms with Crippen molar-refractivity contribution in [1.29, 1.82) is 0 Å². The second-order valence-corrected chi connectivity index (χ2v) is 5.57. The number of hydrogen-bond donors (Lipinski definition) is 1. The molecule has 0 aliphatic heterocycles. The van der Waals surface area contributed by atoms with Crippen LogP contribution in [-0.2, 0) is 0 Å². The van der Waals surface area contributed by atoms with E-state index in [1.54, 1.807) is 11.8 Å². The number of rotatable bonds is 5. The quantitative estimate of drug-likeness (QED) is 0.797. The predicted octanol–water partition coefficient (Wildman–Crippen LogP) is 4.76. The summed E-state index contributed by atoms with van der Waals surface area (Å²) in [4.78, 5) is 1.28. The lowest BCUT2D eigenvalue weighted by atomic mass is 9.98. The fourth-order valence-electron chi connectivity index (χ4n) is 2.12. The van der Waals surface area contributed by atoms with Crippen molar-refractivity contribution >= 4 is 23.4 Å². The zero-order chi connectivity index (χ0) is 13.7. The van der Waals surface area contributed by atoms with E-state index in [9.17, 15) is 0 Å². The minimum atomic E-state index is 0.148. The van der Waals surface area contributed by atoms with Crippen molar-refractivity contribution in [2.75, 3.05) is 12.8 Å². The summed E-state index contributed by atoms with van der Waals surface area (Å²) in [5.41, 5.74) is 2.37. The lowest BCUT2D eigenvalue weighted by molar-refractivity contribution is 0.630. The Morgan fingerprint density at radius 1 is 1.11 bits per heavy atom. The first-order valence-electron chi connectivity index (χ1n) is 6.38. The molecule has 1 atom stereocenters. The van der Waals surface area contributed by atoms with E-state index in [2.05, 4.69) is 48.8 Å². The summed E-state index contributed by atoms with van der Waals surface area (Å²) in [5, 5.41) is 4.31. The van der Waals surface area contributed by atoms with Gasteiger partial charge < -0.3 is 5.32 Å². The minimum Gasteiger partial charge on any atom is -0.306 e. The molecule has 0 fully saturated rings. The second kappa shape index (κ2) is 6.99. The SMILES string of the molecule is CCNC(c1ccc(SC)cc1)c1ccccc1Cl. The molecular weight excluding hydrogens is 274 g/mol. The monoisotopic (exact) mass is 291 g/mol. The van der Waals surface area contributed by atoms with Gasteiger partial charge in [-0.1, -0.05) is 48.9 Å². The predicted molar refractivity (Wildman–Crippen MR) is 85.2 cm³/mol. The highest BCUT2D eigenvalue weighted by molar-refractivity contribution is 7.98. The van der Waals surface area contributed by atoms with Gasteiger partial charge >= 0.3 is 0 Å². The van der Waals surface area contributed by atoms with Crippen LogP contribution in [-0.4, -0.2) is 12.8 Å². The van der Waals surface area contributed by atoms with Crippen LogP contribution in [0.25, 0.3) is 0 Å². The van der Waals surface area contributed by atoms with Crippen LogP contribution < -0.4 is 5.32 Å². The molecule has 2 rings (SSSR count). The topological polar surface area (TPSA) is 12.0 Å². The van der Waals surface area contributed by atoms with E-state index in [-0.39, 0.29) is 6.04 Å².